The van der Waals surface area contributed by atoms with Gasteiger partial charge in [-0.2, -0.15) is 0 Å². The van der Waals surface area contributed by atoms with Gasteiger partial charge < -0.3 is 9.32 Å². The minimum Gasteiger partial charge on any atom is -0.454 e. The summed E-state index contributed by atoms with van der Waals surface area (Å²) < 4.78 is 9.42. The number of benzene rings is 9. The summed E-state index contributed by atoms with van der Waals surface area (Å²) in [5.74, 6) is 0. The van der Waals surface area contributed by atoms with Crippen LogP contribution in [-0.4, -0.2) is 0 Å². The first-order valence-electron chi connectivity index (χ1n) is 19.2. The lowest BCUT2D eigenvalue weighted by molar-refractivity contribution is 0.669. The Balaban J connectivity index is 1.23. The maximum atomic E-state index is 6.87. The molecule has 0 atom stereocenters. The zero-order valence-electron chi connectivity index (χ0n) is 30.3. The zero-order valence-corrected chi connectivity index (χ0v) is 31.1. The summed E-state index contributed by atoms with van der Waals surface area (Å²) in [6, 6.07) is 73.1. The molecule has 0 N–H and O–H groups in total. The number of thiophene rings is 1. The van der Waals surface area contributed by atoms with Crippen molar-refractivity contribution in [2.45, 2.75) is 5.41 Å². The Labute approximate surface area is 328 Å². The van der Waals surface area contributed by atoms with Gasteiger partial charge in [-0.1, -0.05) is 176 Å². The van der Waals surface area contributed by atoms with Crippen molar-refractivity contribution in [3.05, 3.63) is 222 Å². The standard InChI is InChI=1S/C53H33NOS/c1-3-17-35(18-4-1)53(36-19-5-2-6-20-36)43-26-11-9-23-42(43)49-44(53)27-15-28-45(49)54(46-29-13-24-39-38-22-10-12-31-48(38)55-50(39)46)47-30-14-25-40-41-33-32-34-16-7-8-21-37(34)51(41)56-52(40)47/h1-33H. The first kappa shape index (κ1) is 31.4. The molecule has 1 aliphatic carbocycles. The lowest BCUT2D eigenvalue weighted by Crippen LogP contribution is -2.28. The molecule has 2 aromatic heterocycles. The largest absolute Gasteiger partial charge is 0.454 e. The molecule has 3 heteroatoms. The molecule has 2 nitrogen and oxygen atoms in total. The minimum atomic E-state index is -0.524. The van der Waals surface area contributed by atoms with Crippen LogP contribution in [0.2, 0.25) is 0 Å². The fourth-order valence-electron chi connectivity index (χ4n) is 9.65. The Hall–Kier alpha value is -6.94. The van der Waals surface area contributed by atoms with Crippen molar-refractivity contribution in [1.29, 1.82) is 0 Å². The highest BCUT2D eigenvalue weighted by atomic mass is 32.1. The highest BCUT2D eigenvalue weighted by molar-refractivity contribution is 7.27. The number of fused-ring (bicyclic) bond motifs is 11. The van der Waals surface area contributed by atoms with E-state index < -0.39 is 5.41 Å². The van der Waals surface area contributed by atoms with Gasteiger partial charge in [0.2, 0.25) is 0 Å². The molecule has 56 heavy (non-hydrogen) atoms. The number of nitrogens with zero attached hydrogens (tertiary/aromatic N) is 1. The predicted molar refractivity (Wildman–Crippen MR) is 236 cm³/mol. The van der Waals surface area contributed by atoms with Crippen molar-refractivity contribution in [1.82, 2.24) is 0 Å². The van der Waals surface area contributed by atoms with E-state index in [1.54, 1.807) is 0 Å². The second-order valence-electron chi connectivity index (χ2n) is 14.7. The van der Waals surface area contributed by atoms with Crippen LogP contribution < -0.4 is 4.90 Å². The van der Waals surface area contributed by atoms with Crippen molar-refractivity contribution in [2.24, 2.45) is 0 Å². The van der Waals surface area contributed by atoms with Crippen LogP contribution in [0.25, 0.3) is 64.0 Å². The van der Waals surface area contributed by atoms with E-state index in [2.05, 4.69) is 205 Å². The summed E-state index contributed by atoms with van der Waals surface area (Å²) in [4.78, 5) is 2.49. The molecule has 262 valence electrons. The summed E-state index contributed by atoms with van der Waals surface area (Å²) >= 11 is 1.89. The maximum Gasteiger partial charge on any atom is 0.159 e. The molecule has 1 aliphatic rings. The van der Waals surface area contributed by atoms with E-state index in [0.29, 0.717) is 0 Å². The van der Waals surface area contributed by atoms with Crippen LogP contribution in [0.5, 0.6) is 0 Å². The monoisotopic (exact) mass is 731 g/mol. The smallest absolute Gasteiger partial charge is 0.159 e. The first-order valence-corrected chi connectivity index (χ1v) is 20.0. The van der Waals surface area contributed by atoms with Gasteiger partial charge in [0.05, 0.1) is 27.2 Å². The highest BCUT2D eigenvalue weighted by Crippen LogP contribution is 2.60. The third-order valence-corrected chi connectivity index (χ3v) is 13.2. The van der Waals surface area contributed by atoms with Crippen LogP contribution in [0, 0.1) is 0 Å². The van der Waals surface area contributed by atoms with Crippen LogP contribution in [0.4, 0.5) is 17.1 Å². The number of hydrogen-bond donors (Lipinski definition) is 0. The number of hydrogen-bond acceptors (Lipinski definition) is 3. The maximum absolute atomic E-state index is 6.87. The Morgan fingerprint density at radius 3 is 1.80 bits per heavy atom. The third-order valence-electron chi connectivity index (χ3n) is 11.9. The van der Waals surface area contributed by atoms with Crippen LogP contribution in [0.1, 0.15) is 22.3 Å². The topological polar surface area (TPSA) is 16.4 Å². The van der Waals surface area contributed by atoms with E-state index in [4.69, 9.17) is 4.42 Å². The Bertz CT molecular complexity index is 3280. The summed E-state index contributed by atoms with van der Waals surface area (Å²) in [5, 5.41) is 7.30. The van der Waals surface area contributed by atoms with Crippen molar-refractivity contribution >= 4 is 81.3 Å². The summed E-state index contributed by atoms with van der Waals surface area (Å²) in [6.45, 7) is 0. The van der Waals surface area contributed by atoms with Crippen LogP contribution in [0.15, 0.2) is 205 Å². The van der Waals surface area contributed by atoms with Crippen molar-refractivity contribution < 1.29 is 4.42 Å². The van der Waals surface area contributed by atoms with Crippen molar-refractivity contribution in [3.8, 4) is 11.1 Å². The molecule has 2 heterocycles. The molecule has 12 rings (SSSR count). The number of para-hydroxylation sites is 2. The van der Waals surface area contributed by atoms with E-state index in [-0.39, 0.29) is 0 Å². The molecule has 0 unspecified atom stereocenters. The van der Waals surface area contributed by atoms with Crippen molar-refractivity contribution in [3.63, 3.8) is 0 Å². The van der Waals surface area contributed by atoms with Gasteiger partial charge in [-0.25, -0.2) is 0 Å². The van der Waals surface area contributed by atoms with Gasteiger partial charge in [0.15, 0.2) is 5.58 Å². The highest BCUT2D eigenvalue weighted by Gasteiger charge is 2.47. The van der Waals surface area contributed by atoms with Gasteiger partial charge in [-0.3, -0.25) is 0 Å². The van der Waals surface area contributed by atoms with Crippen LogP contribution >= 0.6 is 11.3 Å². The van der Waals surface area contributed by atoms with Crippen LogP contribution in [0.3, 0.4) is 0 Å². The van der Waals surface area contributed by atoms with Gasteiger partial charge in [0, 0.05) is 31.8 Å². The zero-order chi connectivity index (χ0) is 36.8. The third kappa shape index (κ3) is 4.26. The lowest BCUT2D eigenvalue weighted by Gasteiger charge is -2.34. The van der Waals surface area contributed by atoms with E-state index in [9.17, 15) is 0 Å². The molecule has 0 aliphatic heterocycles. The molecule has 0 saturated carbocycles. The molecule has 0 fully saturated rings. The average Bonchev–Trinajstić information content (AvgIpc) is 3.94. The Morgan fingerprint density at radius 2 is 0.982 bits per heavy atom. The van der Waals surface area contributed by atoms with Gasteiger partial charge in [-0.15, -0.1) is 11.3 Å². The van der Waals surface area contributed by atoms with E-state index >= 15 is 0 Å². The molecule has 9 aromatic carbocycles. The molecule has 0 amide bonds. The second kappa shape index (κ2) is 12.0. The molecule has 11 aromatic rings. The first-order chi connectivity index (χ1) is 27.8. The summed E-state index contributed by atoms with van der Waals surface area (Å²) in [7, 11) is 0. The van der Waals surface area contributed by atoms with Gasteiger partial charge in [0.1, 0.15) is 5.58 Å². The normalized spacial score (nSPS) is 13.1. The van der Waals surface area contributed by atoms with Gasteiger partial charge in [-0.05, 0) is 62.9 Å². The molecule has 0 spiro atoms. The quantitative estimate of drug-likeness (QED) is 0.175. The molecular formula is C53H33NOS. The number of rotatable bonds is 5. The van der Waals surface area contributed by atoms with E-state index in [0.717, 1.165) is 39.0 Å². The molecule has 0 saturated heterocycles. The fourth-order valence-corrected chi connectivity index (χ4v) is 11.0. The van der Waals surface area contributed by atoms with Crippen LogP contribution in [-0.2, 0) is 5.41 Å². The van der Waals surface area contributed by atoms with Gasteiger partial charge in [0.25, 0.3) is 0 Å². The summed E-state index contributed by atoms with van der Waals surface area (Å²) in [6.07, 6.45) is 0. The average molecular weight is 732 g/mol. The number of anilines is 3. The second-order valence-corrected chi connectivity index (χ2v) is 15.8. The minimum absolute atomic E-state index is 0.524. The summed E-state index contributed by atoms with van der Waals surface area (Å²) in [5.41, 5.74) is 12.0. The Kier molecular flexibility index (Phi) is 6.75. The molecule has 0 bridgehead atoms. The van der Waals surface area contributed by atoms with E-state index in [1.807, 2.05) is 11.3 Å². The van der Waals surface area contributed by atoms with Crippen molar-refractivity contribution in [2.75, 3.05) is 4.90 Å². The van der Waals surface area contributed by atoms with Gasteiger partial charge >= 0.3 is 0 Å². The molecule has 0 radical (unpaired) electrons. The SMILES string of the molecule is c1ccc(C2(c3ccccc3)c3ccccc3-c3c(N(c4cccc5c4oc4ccccc45)c4cccc5c4sc4c6ccccc6ccc54)cccc32)cc1. The number of furan rings is 1. The lowest BCUT2D eigenvalue weighted by atomic mass is 9.68. The predicted octanol–water partition coefficient (Wildman–Crippen LogP) is 14.9. The Morgan fingerprint density at radius 1 is 0.393 bits per heavy atom. The van der Waals surface area contributed by atoms with E-state index in [1.165, 1.54) is 64.3 Å². The molecular weight excluding hydrogens is 699 g/mol. The fraction of sp³-hybridized carbons (Fsp3) is 0.0189.